The summed E-state index contributed by atoms with van der Waals surface area (Å²) in [6.45, 7) is 12.7. The van der Waals surface area contributed by atoms with Crippen molar-refractivity contribution in [1.82, 2.24) is 0 Å². The maximum absolute atomic E-state index is 4.05. The molecule has 0 heteroatoms. The molecule has 0 spiro atoms. The molecule has 0 N–H and O–H groups in total. The number of hydrogen-bond donors (Lipinski definition) is 0. The molecule has 0 amide bonds. The van der Waals surface area contributed by atoms with Crippen molar-refractivity contribution in [2.24, 2.45) is 0 Å². The van der Waals surface area contributed by atoms with Gasteiger partial charge in [0.1, 0.15) is 0 Å². The normalized spacial score (nSPS) is 13.2. The molecule has 0 nitrogen and oxygen atoms in total. The van der Waals surface area contributed by atoms with Crippen LogP contribution in [-0.2, 0) is 0 Å². The summed E-state index contributed by atoms with van der Waals surface area (Å²) < 4.78 is 0. The average Bonchev–Trinajstić information content (AvgIpc) is 2.13. The highest BCUT2D eigenvalue weighted by atomic mass is 14.0. The average molecular weight is 178 g/mol. The lowest BCUT2D eigenvalue weighted by molar-refractivity contribution is 0.915. The molecule has 0 aromatic carbocycles. The Kier molecular flexibility index (Phi) is 6.30. The Morgan fingerprint density at radius 2 is 1.77 bits per heavy atom. The van der Waals surface area contributed by atoms with Crippen LogP contribution in [0.25, 0.3) is 0 Å². The van der Waals surface area contributed by atoms with Crippen molar-refractivity contribution in [3.8, 4) is 0 Å². The fourth-order valence-corrected chi connectivity index (χ4v) is 1.00. The number of rotatable bonds is 5. The van der Waals surface area contributed by atoms with Gasteiger partial charge >= 0.3 is 0 Å². The third-order valence-electron chi connectivity index (χ3n) is 2.28. The van der Waals surface area contributed by atoms with Gasteiger partial charge in [-0.1, -0.05) is 50.1 Å². The minimum Gasteiger partial charge on any atom is -0.0956 e. The van der Waals surface area contributed by atoms with E-state index in [1.807, 2.05) is 0 Å². The van der Waals surface area contributed by atoms with E-state index in [9.17, 15) is 0 Å². The van der Waals surface area contributed by atoms with Crippen LogP contribution in [0, 0.1) is 0 Å². The SMILES string of the molecule is C=C(CCC)/C(C)=C/C=C(/C)CC. The lowest BCUT2D eigenvalue weighted by Crippen LogP contribution is -1.82. The van der Waals surface area contributed by atoms with E-state index in [2.05, 4.69) is 46.4 Å². The number of allylic oxidation sites excluding steroid dienone is 5. The lowest BCUT2D eigenvalue weighted by Gasteiger charge is -2.02. The van der Waals surface area contributed by atoms with Crippen LogP contribution in [0.5, 0.6) is 0 Å². The Balaban J connectivity index is 4.24. The van der Waals surface area contributed by atoms with Gasteiger partial charge in [0, 0.05) is 0 Å². The second kappa shape index (κ2) is 6.71. The van der Waals surface area contributed by atoms with E-state index in [1.165, 1.54) is 23.1 Å². The van der Waals surface area contributed by atoms with Gasteiger partial charge in [-0.2, -0.15) is 0 Å². The Morgan fingerprint density at radius 1 is 1.15 bits per heavy atom. The van der Waals surface area contributed by atoms with Gasteiger partial charge in [-0.3, -0.25) is 0 Å². The predicted molar refractivity (Wildman–Crippen MR) is 61.9 cm³/mol. The quantitative estimate of drug-likeness (QED) is 0.538. The molecule has 0 aliphatic rings. The Hall–Kier alpha value is -0.780. The van der Waals surface area contributed by atoms with Crippen molar-refractivity contribution in [3.63, 3.8) is 0 Å². The van der Waals surface area contributed by atoms with Crippen LogP contribution in [-0.4, -0.2) is 0 Å². The van der Waals surface area contributed by atoms with E-state index in [4.69, 9.17) is 0 Å². The largest absolute Gasteiger partial charge is 0.0956 e. The van der Waals surface area contributed by atoms with Gasteiger partial charge in [0.25, 0.3) is 0 Å². The maximum atomic E-state index is 4.05. The molecule has 0 heterocycles. The van der Waals surface area contributed by atoms with E-state index in [-0.39, 0.29) is 0 Å². The third kappa shape index (κ3) is 5.46. The van der Waals surface area contributed by atoms with Gasteiger partial charge in [-0.05, 0) is 32.3 Å². The van der Waals surface area contributed by atoms with Gasteiger partial charge in [0.15, 0.2) is 0 Å². The molecule has 0 aliphatic carbocycles. The molecule has 0 saturated heterocycles. The first kappa shape index (κ1) is 12.2. The molecule has 0 saturated carbocycles. The van der Waals surface area contributed by atoms with Crippen LogP contribution >= 0.6 is 0 Å². The summed E-state index contributed by atoms with van der Waals surface area (Å²) >= 11 is 0. The molecule has 0 aromatic rings. The Labute approximate surface area is 83.0 Å². The minimum atomic E-state index is 1.11. The van der Waals surface area contributed by atoms with E-state index in [0.29, 0.717) is 0 Å². The molecule has 13 heavy (non-hydrogen) atoms. The number of hydrogen-bond acceptors (Lipinski definition) is 0. The Morgan fingerprint density at radius 3 is 2.23 bits per heavy atom. The van der Waals surface area contributed by atoms with Crippen molar-refractivity contribution in [2.45, 2.75) is 47.0 Å². The zero-order valence-electron chi connectivity index (χ0n) is 9.48. The van der Waals surface area contributed by atoms with Crippen molar-refractivity contribution < 1.29 is 0 Å². The maximum Gasteiger partial charge on any atom is -0.0285 e. The topological polar surface area (TPSA) is 0 Å². The standard InChI is InChI=1S/C13H22/c1-6-8-12(4)13(5)10-9-11(3)7-2/h9-10H,4,6-8H2,1-3,5H3/b11-9-,13-10+. The summed E-state index contributed by atoms with van der Waals surface area (Å²) in [7, 11) is 0. The van der Waals surface area contributed by atoms with Crippen molar-refractivity contribution in [3.05, 3.63) is 35.5 Å². The van der Waals surface area contributed by atoms with E-state index < -0.39 is 0 Å². The molecule has 0 bridgehead atoms. The lowest BCUT2D eigenvalue weighted by atomic mass is 10.0. The molecular weight excluding hydrogens is 156 g/mol. The summed E-state index contributed by atoms with van der Waals surface area (Å²) in [5.74, 6) is 0. The molecule has 0 radical (unpaired) electrons. The second-order valence-corrected chi connectivity index (χ2v) is 3.57. The van der Waals surface area contributed by atoms with Gasteiger partial charge in [0.2, 0.25) is 0 Å². The van der Waals surface area contributed by atoms with Crippen LogP contribution < -0.4 is 0 Å². The molecule has 0 aromatic heterocycles. The van der Waals surface area contributed by atoms with E-state index in [1.54, 1.807) is 0 Å². The van der Waals surface area contributed by atoms with Gasteiger partial charge in [0.05, 0.1) is 0 Å². The summed E-state index contributed by atoms with van der Waals surface area (Å²) in [6.07, 6.45) is 7.79. The first-order chi connectivity index (χ1) is 6.11. The highest BCUT2D eigenvalue weighted by Crippen LogP contribution is 2.13. The first-order valence-electron chi connectivity index (χ1n) is 5.14. The van der Waals surface area contributed by atoms with Crippen molar-refractivity contribution in [2.75, 3.05) is 0 Å². The Bertz CT molecular complexity index is 216. The third-order valence-corrected chi connectivity index (χ3v) is 2.28. The summed E-state index contributed by atoms with van der Waals surface area (Å²) in [4.78, 5) is 0. The smallest absolute Gasteiger partial charge is 0.0285 e. The zero-order chi connectivity index (χ0) is 10.3. The minimum absolute atomic E-state index is 1.11. The van der Waals surface area contributed by atoms with E-state index in [0.717, 1.165) is 12.8 Å². The predicted octanol–water partition coefficient (Wildman–Crippen LogP) is 4.65. The summed E-state index contributed by atoms with van der Waals surface area (Å²) in [6, 6.07) is 0. The van der Waals surface area contributed by atoms with Crippen LogP contribution in [0.4, 0.5) is 0 Å². The van der Waals surface area contributed by atoms with Gasteiger partial charge in [-0.25, -0.2) is 0 Å². The molecule has 0 unspecified atom stereocenters. The molecule has 0 rings (SSSR count). The fourth-order valence-electron chi connectivity index (χ4n) is 1.00. The van der Waals surface area contributed by atoms with Crippen LogP contribution in [0.1, 0.15) is 47.0 Å². The molecule has 0 aliphatic heterocycles. The summed E-state index contributed by atoms with van der Waals surface area (Å²) in [5, 5.41) is 0. The highest BCUT2D eigenvalue weighted by Gasteiger charge is 1.93. The van der Waals surface area contributed by atoms with Crippen molar-refractivity contribution in [1.29, 1.82) is 0 Å². The van der Waals surface area contributed by atoms with Crippen molar-refractivity contribution >= 4 is 0 Å². The second-order valence-electron chi connectivity index (χ2n) is 3.57. The fraction of sp³-hybridized carbons (Fsp3) is 0.538. The van der Waals surface area contributed by atoms with E-state index >= 15 is 0 Å². The van der Waals surface area contributed by atoms with Crippen LogP contribution in [0.3, 0.4) is 0 Å². The van der Waals surface area contributed by atoms with Crippen LogP contribution in [0.2, 0.25) is 0 Å². The van der Waals surface area contributed by atoms with Gasteiger partial charge in [-0.15, -0.1) is 0 Å². The zero-order valence-corrected chi connectivity index (χ0v) is 9.48. The molecule has 74 valence electrons. The first-order valence-corrected chi connectivity index (χ1v) is 5.14. The monoisotopic (exact) mass is 178 g/mol. The molecule has 0 fully saturated rings. The molecule has 0 atom stereocenters. The van der Waals surface area contributed by atoms with Gasteiger partial charge < -0.3 is 0 Å². The highest BCUT2D eigenvalue weighted by molar-refractivity contribution is 5.30. The summed E-state index contributed by atoms with van der Waals surface area (Å²) in [5.41, 5.74) is 4.00. The van der Waals surface area contributed by atoms with Crippen LogP contribution in [0.15, 0.2) is 35.5 Å². The molecular formula is C13H22.